The molecule has 152 valence electrons. The second-order valence-corrected chi connectivity index (χ2v) is 7.76. The molecule has 0 atom stereocenters. The fourth-order valence-electron chi connectivity index (χ4n) is 3.85. The van der Waals surface area contributed by atoms with E-state index in [1.807, 2.05) is 18.2 Å². The van der Waals surface area contributed by atoms with Crippen molar-refractivity contribution in [1.29, 1.82) is 0 Å². The Hall–Kier alpha value is -3.81. The molecule has 31 heavy (non-hydrogen) atoms. The highest BCUT2D eigenvalue weighted by Gasteiger charge is 2.30. The second kappa shape index (κ2) is 7.16. The summed E-state index contributed by atoms with van der Waals surface area (Å²) in [6.07, 6.45) is 1.56. The standard InChI is InChI=1S/C23H19BN4O3/c1-26-19(29)13-18(25-15-9-7-14(24)8-10-15)20-21(26)27(16-5-3-2-4-6-16)23(31)28(22(20)30)17-11-12-17/h2-10,13,17,25H,11-12H2,1H3. The summed E-state index contributed by atoms with van der Waals surface area (Å²) in [5, 5.41) is 3.46. The minimum Gasteiger partial charge on any atom is -0.355 e. The van der Waals surface area contributed by atoms with Gasteiger partial charge >= 0.3 is 5.69 Å². The lowest BCUT2D eigenvalue weighted by atomic mass is 9.96. The predicted octanol–water partition coefficient (Wildman–Crippen LogP) is 1.72. The van der Waals surface area contributed by atoms with Gasteiger partial charge in [-0.3, -0.25) is 18.7 Å². The van der Waals surface area contributed by atoms with Crippen LogP contribution in [-0.2, 0) is 7.05 Å². The van der Waals surface area contributed by atoms with Crippen LogP contribution in [0.25, 0.3) is 16.7 Å². The van der Waals surface area contributed by atoms with Gasteiger partial charge in [0.25, 0.3) is 11.1 Å². The number of hydrogen-bond acceptors (Lipinski definition) is 4. The van der Waals surface area contributed by atoms with Gasteiger partial charge in [0.1, 0.15) is 18.9 Å². The molecule has 2 heterocycles. The van der Waals surface area contributed by atoms with Crippen LogP contribution in [0.3, 0.4) is 0 Å². The number of hydrogen-bond donors (Lipinski definition) is 1. The number of anilines is 2. The van der Waals surface area contributed by atoms with Crippen molar-refractivity contribution >= 4 is 35.7 Å². The third-order valence-corrected chi connectivity index (χ3v) is 5.57. The summed E-state index contributed by atoms with van der Waals surface area (Å²) in [5.74, 6) is 0. The third-order valence-electron chi connectivity index (χ3n) is 5.57. The van der Waals surface area contributed by atoms with Crippen LogP contribution in [0.2, 0.25) is 0 Å². The minimum atomic E-state index is -0.439. The summed E-state index contributed by atoms with van der Waals surface area (Å²) >= 11 is 0. The molecule has 1 N–H and O–H groups in total. The van der Waals surface area contributed by atoms with Gasteiger partial charge in [0.2, 0.25) is 0 Å². The molecule has 7 nitrogen and oxygen atoms in total. The van der Waals surface area contributed by atoms with Gasteiger partial charge in [0, 0.05) is 24.8 Å². The largest absolute Gasteiger partial charge is 0.355 e. The number of rotatable bonds is 4. The topological polar surface area (TPSA) is 78.0 Å². The highest BCUT2D eigenvalue weighted by Crippen LogP contribution is 2.33. The first kappa shape index (κ1) is 19.2. The van der Waals surface area contributed by atoms with Crippen molar-refractivity contribution in [3.05, 3.63) is 91.9 Å². The van der Waals surface area contributed by atoms with Crippen molar-refractivity contribution in [2.24, 2.45) is 7.05 Å². The van der Waals surface area contributed by atoms with E-state index in [1.165, 1.54) is 19.8 Å². The Morgan fingerprint density at radius 2 is 1.65 bits per heavy atom. The maximum absolute atomic E-state index is 13.5. The molecule has 2 aromatic heterocycles. The van der Waals surface area contributed by atoms with Crippen LogP contribution in [-0.4, -0.2) is 21.5 Å². The first-order chi connectivity index (χ1) is 15.0. The van der Waals surface area contributed by atoms with Gasteiger partial charge in [-0.25, -0.2) is 9.36 Å². The van der Waals surface area contributed by atoms with Gasteiger partial charge in [-0.2, -0.15) is 0 Å². The fraction of sp³-hybridized carbons (Fsp3) is 0.174. The van der Waals surface area contributed by atoms with Crippen LogP contribution < -0.4 is 27.6 Å². The lowest BCUT2D eigenvalue weighted by Crippen LogP contribution is -2.41. The van der Waals surface area contributed by atoms with Crippen molar-refractivity contribution in [3.63, 3.8) is 0 Å². The van der Waals surface area contributed by atoms with E-state index in [-0.39, 0.29) is 22.6 Å². The summed E-state index contributed by atoms with van der Waals surface area (Å²) in [5.41, 5.74) is 1.31. The van der Waals surface area contributed by atoms with Crippen molar-refractivity contribution < 1.29 is 0 Å². The molecule has 2 aromatic carbocycles. The van der Waals surface area contributed by atoms with E-state index in [0.717, 1.165) is 12.8 Å². The second-order valence-electron chi connectivity index (χ2n) is 7.76. The van der Waals surface area contributed by atoms with E-state index < -0.39 is 11.2 Å². The molecule has 2 radical (unpaired) electrons. The number of benzene rings is 2. The van der Waals surface area contributed by atoms with E-state index in [2.05, 4.69) is 5.32 Å². The minimum absolute atomic E-state index is 0.124. The molecule has 8 heteroatoms. The van der Waals surface area contributed by atoms with Crippen molar-refractivity contribution in [1.82, 2.24) is 13.7 Å². The smallest absolute Gasteiger partial charge is 0.337 e. The van der Waals surface area contributed by atoms with Crippen molar-refractivity contribution in [2.75, 3.05) is 5.32 Å². The number of nitrogens with one attached hydrogen (secondary N) is 1. The fourth-order valence-corrected chi connectivity index (χ4v) is 3.85. The first-order valence-electron chi connectivity index (χ1n) is 10.0. The van der Waals surface area contributed by atoms with E-state index >= 15 is 0 Å². The molecule has 1 aliphatic rings. The average molecular weight is 410 g/mol. The Labute approximate surface area is 178 Å². The van der Waals surface area contributed by atoms with E-state index in [4.69, 9.17) is 7.85 Å². The monoisotopic (exact) mass is 410 g/mol. The van der Waals surface area contributed by atoms with Crippen LogP contribution in [0, 0.1) is 0 Å². The van der Waals surface area contributed by atoms with Gasteiger partial charge in [0.15, 0.2) is 0 Å². The number of fused-ring (bicyclic) bond motifs is 1. The lowest BCUT2D eigenvalue weighted by molar-refractivity contribution is 0.637. The number of aryl methyl sites for hydroxylation is 1. The Morgan fingerprint density at radius 3 is 2.29 bits per heavy atom. The van der Waals surface area contributed by atoms with Crippen LogP contribution in [0.4, 0.5) is 11.4 Å². The van der Waals surface area contributed by atoms with E-state index in [0.29, 0.717) is 22.5 Å². The maximum Gasteiger partial charge on any atom is 0.337 e. The highest BCUT2D eigenvalue weighted by atomic mass is 16.2. The summed E-state index contributed by atoms with van der Waals surface area (Å²) in [4.78, 5) is 39.8. The normalized spacial score (nSPS) is 13.5. The molecule has 0 spiro atoms. The molecule has 1 saturated carbocycles. The molecule has 5 rings (SSSR count). The van der Waals surface area contributed by atoms with Crippen LogP contribution in [0.5, 0.6) is 0 Å². The molecule has 4 aromatic rings. The number of para-hydroxylation sites is 1. The number of nitrogens with zero attached hydrogens (tertiary/aromatic N) is 3. The van der Waals surface area contributed by atoms with Crippen molar-refractivity contribution in [2.45, 2.75) is 18.9 Å². The van der Waals surface area contributed by atoms with E-state index in [1.54, 1.807) is 43.4 Å². The molecule has 0 saturated heterocycles. The molecular weight excluding hydrogens is 391 g/mol. The zero-order valence-electron chi connectivity index (χ0n) is 16.9. The predicted molar refractivity (Wildman–Crippen MR) is 122 cm³/mol. The average Bonchev–Trinajstić information content (AvgIpc) is 3.59. The first-order valence-corrected chi connectivity index (χ1v) is 10.0. The zero-order valence-corrected chi connectivity index (χ0v) is 16.9. The lowest BCUT2D eigenvalue weighted by Gasteiger charge is -2.18. The zero-order chi connectivity index (χ0) is 21.7. The maximum atomic E-state index is 13.5. The van der Waals surface area contributed by atoms with Gasteiger partial charge < -0.3 is 5.32 Å². The van der Waals surface area contributed by atoms with Gasteiger partial charge in [-0.15, -0.1) is 0 Å². The number of aromatic nitrogens is 3. The molecule has 0 unspecified atom stereocenters. The highest BCUT2D eigenvalue weighted by molar-refractivity contribution is 6.32. The molecule has 0 bridgehead atoms. The Morgan fingerprint density at radius 1 is 0.968 bits per heavy atom. The molecule has 1 aliphatic carbocycles. The Kier molecular flexibility index (Phi) is 4.43. The molecule has 0 aliphatic heterocycles. The third kappa shape index (κ3) is 3.20. The van der Waals surface area contributed by atoms with E-state index in [9.17, 15) is 14.4 Å². The van der Waals surface area contributed by atoms with Gasteiger partial charge in [-0.05, 0) is 37.1 Å². The Balaban J connectivity index is 1.90. The quantitative estimate of drug-likeness (QED) is 0.520. The summed E-state index contributed by atoms with van der Waals surface area (Å²) < 4.78 is 4.11. The van der Waals surface area contributed by atoms with Gasteiger partial charge in [0.05, 0.1) is 11.4 Å². The van der Waals surface area contributed by atoms with Crippen LogP contribution in [0.15, 0.2) is 75.0 Å². The summed E-state index contributed by atoms with van der Waals surface area (Å²) in [7, 11) is 7.33. The van der Waals surface area contributed by atoms with Gasteiger partial charge in [-0.1, -0.05) is 35.8 Å². The Bertz CT molecular complexity index is 1480. The summed E-state index contributed by atoms with van der Waals surface area (Å²) in [6, 6.07) is 17.3. The van der Waals surface area contributed by atoms with Crippen LogP contribution in [0.1, 0.15) is 18.9 Å². The van der Waals surface area contributed by atoms with Crippen molar-refractivity contribution in [3.8, 4) is 5.69 Å². The number of pyridine rings is 1. The van der Waals surface area contributed by atoms with Crippen LogP contribution >= 0.6 is 0 Å². The molecule has 1 fully saturated rings. The summed E-state index contributed by atoms with van der Waals surface area (Å²) in [6.45, 7) is 0. The molecular formula is C23H19BN4O3. The molecule has 0 amide bonds. The SMILES string of the molecule is [B]c1ccc(Nc2cc(=O)n(C)c3c2c(=O)n(C2CC2)c(=O)n3-c2ccccc2)cc1.